The van der Waals surface area contributed by atoms with Gasteiger partial charge < -0.3 is 14.6 Å². The summed E-state index contributed by atoms with van der Waals surface area (Å²) in [7, 11) is 0. The molecule has 0 atom stereocenters. The summed E-state index contributed by atoms with van der Waals surface area (Å²) in [5.74, 6) is 2.20. The maximum Gasteiger partial charge on any atom is 0.307 e. The second kappa shape index (κ2) is 7.31. The van der Waals surface area contributed by atoms with Crippen LogP contribution in [0.1, 0.15) is 5.56 Å². The van der Waals surface area contributed by atoms with Gasteiger partial charge in [-0.05, 0) is 17.7 Å². The average molecular weight is 234 g/mol. The van der Waals surface area contributed by atoms with E-state index in [1.807, 2.05) is 0 Å². The van der Waals surface area contributed by atoms with Crippen molar-refractivity contribution in [2.24, 2.45) is 0 Å². The van der Waals surface area contributed by atoms with Gasteiger partial charge in [0.25, 0.3) is 0 Å². The standard InChI is InChI=1S/C13H14O4/c1-2-7-16-8-9-17-12-5-3-11(4-6-12)10-13(14)15/h1,3-6H,7-10H2,(H,14,15). The molecule has 0 aliphatic heterocycles. The molecule has 0 fully saturated rings. The van der Waals surface area contributed by atoms with Gasteiger partial charge >= 0.3 is 5.97 Å². The molecule has 0 saturated heterocycles. The molecule has 0 aliphatic carbocycles. The van der Waals surface area contributed by atoms with Gasteiger partial charge in [0.1, 0.15) is 19.0 Å². The summed E-state index contributed by atoms with van der Waals surface area (Å²) < 4.78 is 10.4. The minimum atomic E-state index is -0.846. The first-order valence-corrected chi connectivity index (χ1v) is 5.17. The summed E-state index contributed by atoms with van der Waals surface area (Å²) in [6.45, 7) is 1.13. The van der Waals surface area contributed by atoms with Gasteiger partial charge in [-0.25, -0.2) is 0 Å². The van der Waals surface area contributed by atoms with E-state index in [-0.39, 0.29) is 13.0 Å². The highest BCUT2D eigenvalue weighted by atomic mass is 16.5. The Balaban J connectivity index is 2.30. The molecule has 0 aromatic heterocycles. The van der Waals surface area contributed by atoms with Gasteiger partial charge in [-0.1, -0.05) is 18.1 Å². The van der Waals surface area contributed by atoms with Crippen molar-refractivity contribution in [3.8, 4) is 18.1 Å². The first-order valence-electron chi connectivity index (χ1n) is 5.17. The van der Waals surface area contributed by atoms with Crippen molar-refractivity contribution < 1.29 is 19.4 Å². The van der Waals surface area contributed by atoms with E-state index in [1.54, 1.807) is 24.3 Å². The minimum Gasteiger partial charge on any atom is -0.491 e. The molecule has 4 heteroatoms. The number of terminal acetylenes is 1. The highest BCUT2D eigenvalue weighted by Crippen LogP contribution is 2.12. The normalized spacial score (nSPS) is 9.59. The summed E-state index contributed by atoms with van der Waals surface area (Å²) in [5.41, 5.74) is 0.744. The zero-order chi connectivity index (χ0) is 12.5. The maximum absolute atomic E-state index is 10.5. The molecule has 4 nitrogen and oxygen atoms in total. The second-order valence-corrected chi connectivity index (χ2v) is 3.32. The largest absolute Gasteiger partial charge is 0.491 e. The fraction of sp³-hybridized carbons (Fsp3) is 0.308. The van der Waals surface area contributed by atoms with Gasteiger partial charge in [0.05, 0.1) is 13.0 Å². The number of hydrogen-bond acceptors (Lipinski definition) is 3. The predicted octanol–water partition coefficient (Wildman–Crippen LogP) is 1.34. The molecule has 0 amide bonds. The average Bonchev–Trinajstić information content (AvgIpc) is 2.30. The van der Waals surface area contributed by atoms with Crippen LogP contribution in [-0.4, -0.2) is 30.9 Å². The van der Waals surface area contributed by atoms with Crippen LogP contribution in [0.2, 0.25) is 0 Å². The Bertz CT molecular complexity index is 389. The molecule has 1 N–H and O–H groups in total. The van der Waals surface area contributed by atoms with E-state index in [0.717, 1.165) is 5.56 Å². The number of aliphatic carboxylic acids is 1. The summed E-state index contributed by atoms with van der Waals surface area (Å²) in [5, 5.41) is 8.60. The van der Waals surface area contributed by atoms with Crippen LogP contribution in [0, 0.1) is 12.3 Å². The number of ether oxygens (including phenoxy) is 2. The van der Waals surface area contributed by atoms with E-state index in [0.29, 0.717) is 19.0 Å². The topological polar surface area (TPSA) is 55.8 Å². The molecule has 1 aromatic carbocycles. The predicted molar refractivity (Wildman–Crippen MR) is 62.9 cm³/mol. The Kier molecular flexibility index (Phi) is 5.62. The molecule has 1 rings (SSSR count). The molecule has 0 heterocycles. The van der Waals surface area contributed by atoms with Gasteiger partial charge in [0, 0.05) is 0 Å². The minimum absolute atomic E-state index is 0.0194. The van der Waals surface area contributed by atoms with E-state index in [2.05, 4.69) is 5.92 Å². The van der Waals surface area contributed by atoms with Gasteiger partial charge in [0.2, 0.25) is 0 Å². The fourth-order valence-electron chi connectivity index (χ4n) is 1.23. The van der Waals surface area contributed by atoms with Crippen LogP contribution in [-0.2, 0) is 16.0 Å². The molecule has 90 valence electrons. The monoisotopic (exact) mass is 234 g/mol. The maximum atomic E-state index is 10.5. The van der Waals surface area contributed by atoms with Crippen LogP contribution in [0.3, 0.4) is 0 Å². The van der Waals surface area contributed by atoms with Crippen molar-refractivity contribution in [3.05, 3.63) is 29.8 Å². The Hall–Kier alpha value is -1.99. The molecular weight excluding hydrogens is 220 g/mol. The Morgan fingerprint density at radius 2 is 2.00 bits per heavy atom. The lowest BCUT2D eigenvalue weighted by Gasteiger charge is -2.06. The van der Waals surface area contributed by atoms with Crippen LogP contribution in [0.5, 0.6) is 5.75 Å². The summed E-state index contributed by atoms with van der Waals surface area (Å²) in [6, 6.07) is 6.93. The highest BCUT2D eigenvalue weighted by Gasteiger charge is 2.00. The van der Waals surface area contributed by atoms with Crippen molar-refractivity contribution in [1.29, 1.82) is 0 Å². The van der Waals surface area contributed by atoms with E-state index in [1.165, 1.54) is 0 Å². The molecule has 17 heavy (non-hydrogen) atoms. The number of rotatable bonds is 7. The fourth-order valence-corrected chi connectivity index (χ4v) is 1.23. The van der Waals surface area contributed by atoms with Gasteiger partial charge in [-0.3, -0.25) is 4.79 Å². The number of hydrogen-bond donors (Lipinski definition) is 1. The molecule has 0 radical (unpaired) electrons. The summed E-state index contributed by atoms with van der Waals surface area (Å²) >= 11 is 0. The molecule has 0 bridgehead atoms. The molecule has 0 saturated carbocycles. The van der Waals surface area contributed by atoms with Crippen molar-refractivity contribution in [3.63, 3.8) is 0 Å². The summed E-state index contributed by atoms with van der Waals surface area (Å²) in [6.07, 6.45) is 5.03. The number of carbonyl (C=O) groups is 1. The molecule has 1 aromatic rings. The summed E-state index contributed by atoms with van der Waals surface area (Å²) in [4.78, 5) is 10.5. The molecule has 0 unspecified atom stereocenters. The van der Waals surface area contributed by atoms with E-state index in [9.17, 15) is 4.79 Å². The zero-order valence-corrected chi connectivity index (χ0v) is 9.39. The van der Waals surface area contributed by atoms with E-state index >= 15 is 0 Å². The second-order valence-electron chi connectivity index (χ2n) is 3.32. The van der Waals surface area contributed by atoms with Crippen LogP contribution >= 0.6 is 0 Å². The zero-order valence-electron chi connectivity index (χ0n) is 9.39. The van der Waals surface area contributed by atoms with Crippen molar-refractivity contribution in [1.82, 2.24) is 0 Å². The third-order valence-corrected chi connectivity index (χ3v) is 1.96. The van der Waals surface area contributed by atoms with E-state index in [4.69, 9.17) is 21.0 Å². The Morgan fingerprint density at radius 3 is 2.59 bits per heavy atom. The number of carboxylic acid groups (broad SMARTS) is 1. The lowest BCUT2D eigenvalue weighted by Crippen LogP contribution is -2.06. The van der Waals surface area contributed by atoms with Crippen molar-refractivity contribution >= 4 is 5.97 Å². The van der Waals surface area contributed by atoms with E-state index < -0.39 is 5.97 Å². The van der Waals surface area contributed by atoms with Gasteiger partial charge in [0.15, 0.2) is 0 Å². The lowest BCUT2D eigenvalue weighted by molar-refractivity contribution is -0.136. The molecular formula is C13H14O4. The molecule has 0 aliphatic rings. The first kappa shape index (κ1) is 13.1. The Morgan fingerprint density at radius 1 is 1.29 bits per heavy atom. The highest BCUT2D eigenvalue weighted by molar-refractivity contribution is 5.70. The van der Waals surface area contributed by atoms with Crippen molar-refractivity contribution in [2.45, 2.75) is 6.42 Å². The van der Waals surface area contributed by atoms with Gasteiger partial charge in [-0.2, -0.15) is 0 Å². The lowest BCUT2D eigenvalue weighted by atomic mass is 10.1. The van der Waals surface area contributed by atoms with Crippen LogP contribution in [0.4, 0.5) is 0 Å². The first-order chi connectivity index (χ1) is 8.22. The quantitative estimate of drug-likeness (QED) is 0.571. The van der Waals surface area contributed by atoms with Crippen LogP contribution in [0.25, 0.3) is 0 Å². The smallest absolute Gasteiger partial charge is 0.307 e. The van der Waals surface area contributed by atoms with Gasteiger partial charge in [-0.15, -0.1) is 6.42 Å². The third kappa shape index (κ3) is 5.59. The number of benzene rings is 1. The molecule has 0 spiro atoms. The number of carboxylic acids is 1. The Labute approximate surface area is 100 Å². The van der Waals surface area contributed by atoms with Crippen LogP contribution < -0.4 is 4.74 Å². The van der Waals surface area contributed by atoms with Crippen LogP contribution in [0.15, 0.2) is 24.3 Å². The van der Waals surface area contributed by atoms with Crippen molar-refractivity contribution in [2.75, 3.05) is 19.8 Å². The SMILES string of the molecule is C#CCOCCOc1ccc(CC(=O)O)cc1. The third-order valence-electron chi connectivity index (χ3n) is 1.96.